The van der Waals surface area contributed by atoms with E-state index in [1.165, 1.54) is 22.3 Å². The van der Waals surface area contributed by atoms with E-state index in [0.29, 0.717) is 6.04 Å². The predicted molar refractivity (Wildman–Crippen MR) is 103 cm³/mol. The fraction of sp³-hybridized carbons (Fsp3) is 0.429. The molecule has 134 valence electrons. The van der Waals surface area contributed by atoms with E-state index in [0.717, 1.165) is 45.1 Å². The van der Waals surface area contributed by atoms with E-state index in [1.54, 1.807) is 0 Å². The van der Waals surface area contributed by atoms with E-state index < -0.39 is 0 Å². The van der Waals surface area contributed by atoms with Gasteiger partial charge in [0.25, 0.3) is 0 Å². The van der Waals surface area contributed by atoms with Crippen LogP contribution in [0.2, 0.25) is 0 Å². The second-order valence-corrected chi connectivity index (χ2v) is 6.86. The van der Waals surface area contributed by atoms with Gasteiger partial charge in [-0.3, -0.25) is 0 Å². The Morgan fingerprint density at radius 2 is 1.48 bits per heavy atom. The Balaban J connectivity index is 0.000000170. The van der Waals surface area contributed by atoms with E-state index in [4.69, 9.17) is 4.74 Å². The first-order chi connectivity index (χ1) is 12.2. The van der Waals surface area contributed by atoms with Crippen LogP contribution in [0, 0.1) is 0 Å². The highest BCUT2D eigenvalue weighted by atomic mass is 16.5. The molecule has 0 fully saturated rings. The molecule has 2 aromatic carbocycles. The quantitative estimate of drug-likeness (QED) is 0.733. The van der Waals surface area contributed by atoms with Crippen molar-refractivity contribution in [3.8, 4) is 5.75 Å². The highest BCUT2D eigenvalue weighted by Gasteiger charge is 2.10. The molecule has 2 aliphatic heterocycles. The maximum atomic E-state index is 5.69. The van der Waals surface area contributed by atoms with Gasteiger partial charge in [0, 0.05) is 38.8 Å². The molecule has 0 aromatic heterocycles. The van der Waals surface area contributed by atoms with Gasteiger partial charge in [-0.05, 0) is 34.4 Å². The molecule has 4 heteroatoms. The van der Waals surface area contributed by atoms with Gasteiger partial charge in [-0.2, -0.15) is 0 Å². The summed E-state index contributed by atoms with van der Waals surface area (Å²) in [6.07, 6.45) is 0. The first-order valence-electron chi connectivity index (χ1n) is 9.18. The number of fused-ring (bicyclic) bond motifs is 2. The molecule has 0 saturated heterocycles. The SMILES string of the molecule is CC(C)NCCOc1ccc2c(c1)CNC2.c1ccc2c(c1)CNC2. The molecule has 3 N–H and O–H groups in total. The van der Waals surface area contributed by atoms with Crippen LogP contribution < -0.4 is 20.7 Å². The van der Waals surface area contributed by atoms with E-state index in [2.05, 4.69) is 72.3 Å². The first-order valence-corrected chi connectivity index (χ1v) is 9.18. The Morgan fingerprint density at radius 3 is 2.12 bits per heavy atom. The Morgan fingerprint density at radius 1 is 0.880 bits per heavy atom. The summed E-state index contributed by atoms with van der Waals surface area (Å²) >= 11 is 0. The van der Waals surface area contributed by atoms with Crippen LogP contribution in [0.5, 0.6) is 5.75 Å². The zero-order valence-electron chi connectivity index (χ0n) is 15.3. The standard InChI is InChI=1S/C13H20N2O.C8H9N/c1-10(2)15-5-6-16-13-4-3-11-8-14-9-12(11)7-13;1-2-4-8-6-9-5-7(8)3-1/h3-4,7,10,14-15H,5-6,8-9H2,1-2H3;1-4,9H,5-6H2. The van der Waals surface area contributed by atoms with Crippen molar-refractivity contribution in [2.75, 3.05) is 13.2 Å². The summed E-state index contributed by atoms with van der Waals surface area (Å²) in [6, 6.07) is 15.4. The van der Waals surface area contributed by atoms with Gasteiger partial charge in [0.05, 0.1) is 0 Å². The zero-order chi connectivity index (χ0) is 17.5. The van der Waals surface area contributed by atoms with E-state index in [9.17, 15) is 0 Å². The van der Waals surface area contributed by atoms with Gasteiger partial charge in [-0.1, -0.05) is 44.2 Å². The molecule has 0 bridgehead atoms. The number of ether oxygens (including phenoxy) is 1. The molecule has 2 aromatic rings. The molecule has 2 heterocycles. The van der Waals surface area contributed by atoms with Gasteiger partial charge in [-0.15, -0.1) is 0 Å². The molecular weight excluding hydrogens is 310 g/mol. The Bertz CT molecular complexity index is 662. The molecule has 0 radical (unpaired) electrons. The molecule has 0 saturated carbocycles. The van der Waals surface area contributed by atoms with Gasteiger partial charge < -0.3 is 20.7 Å². The van der Waals surface area contributed by atoms with E-state index in [1.807, 2.05) is 0 Å². The minimum atomic E-state index is 0.521. The third kappa shape index (κ3) is 5.30. The van der Waals surface area contributed by atoms with Gasteiger partial charge in [0.2, 0.25) is 0 Å². The minimum absolute atomic E-state index is 0.521. The van der Waals surface area contributed by atoms with Crippen molar-refractivity contribution in [3.63, 3.8) is 0 Å². The lowest BCUT2D eigenvalue weighted by Crippen LogP contribution is -2.27. The maximum absolute atomic E-state index is 5.69. The average molecular weight is 339 g/mol. The summed E-state index contributed by atoms with van der Waals surface area (Å²) in [5.41, 5.74) is 5.68. The molecule has 0 atom stereocenters. The molecule has 0 unspecified atom stereocenters. The van der Waals surface area contributed by atoms with Gasteiger partial charge >= 0.3 is 0 Å². The highest BCUT2D eigenvalue weighted by molar-refractivity contribution is 5.37. The van der Waals surface area contributed by atoms with Crippen LogP contribution in [0.3, 0.4) is 0 Å². The third-order valence-electron chi connectivity index (χ3n) is 4.48. The lowest BCUT2D eigenvalue weighted by Gasteiger charge is -2.10. The molecule has 0 spiro atoms. The number of nitrogens with one attached hydrogen (secondary N) is 3. The van der Waals surface area contributed by atoms with Crippen LogP contribution >= 0.6 is 0 Å². The number of rotatable bonds is 5. The van der Waals surface area contributed by atoms with Crippen molar-refractivity contribution < 1.29 is 4.74 Å². The fourth-order valence-corrected chi connectivity index (χ4v) is 3.11. The van der Waals surface area contributed by atoms with Crippen LogP contribution in [0.4, 0.5) is 0 Å². The summed E-state index contributed by atoms with van der Waals surface area (Å²) in [7, 11) is 0. The van der Waals surface area contributed by atoms with Crippen LogP contribution in [0.1, 0.15) is 36.1 Å². The van der Waals surface area contributed by atoms with Crippen LogP contribution in [-0.2, 0) is 26.2 Å². The van der Waals surface area contributed by atoms with Crippen LogP contribution in [0.15, 0.2) is 42.5 Å². The first kappa shape index (κ1) is 17.9. The van der Waals surface area contributed by atoms with Crippen molar-refractivity contribution in [2.45, 2.75) is 46.1 Å². The summed E-state index contributed by atoms with van der Waals surface area (Å²) in [5, 5.41) is 9.95. The third-order valence-corrected chi connectivity index (χ3v) is 4.48. The molecule has 0 aliphatic carbocycles. The van der Waals surface area contributed by atoms with Gasteiger partial charge in [0.1, 0.15) is 12.4 Å². The number of hydrogen-bond donors (Lipinski definition) is 3. The Hall–Kier alpha value is -1.88. The van der Waals surface area contributed by atoms with E-state index in [-0.39, 0.29) is 0 Å². The highest BCUT2D eigenvalue weighted by Crippen LogP contribution is 2.21. The van der Waals surface area contributed by atoms with Gasteiger partial charge in [-0.25, -0.2) is 0 Å². The molecular formula is C21H29N3O. The monoisotopic (exact) mass is 339 g/mol. The lowest BCUT2D eigenvalue weighted by molar-refractivity contribution is 0.308. The average Bonchev–Trinajstić information content (AvgIpc) is 3.27. The Kier molecular flexibility index (Phi) is 6.45. The molecule has 4 nitrogen and oxygen atoms in total. The van der Waals surface area contributed by atoms with Crippen molar-refractivity contribution in [1.29, 1.82) is 0 Å². The minimum Gasteiger partial charge on any atom is -0.492 e. The predicted octanol–water partition coefficient (Wildman–Crippen LogP) is 2.96. The fourth-order valence-electron chi connectivity index (χ4n) is 3.11. The molecule has 25 heavy (non-hydrogen) atoms. The Labute approximate surface area is 151 Å². The maximum Gasteiger partial charge on any atom is 0.119 e. The summed E-state index contributed by atoms with van der Waals surface area (Å²) < 4.78 is 5.69. The topological polar surface area (TPSA) is 45.3 Å². The number of hydrogen-bond acceptors (Lipinski definition) is 4. The van der Waals surface area contributed by atoms with Crippen LogP contribution in [-0.4, -0.2) is 19.2 Å². The zero-order valence-corrected chi connectivity index (χ0v) is 15.3. The summed E-state index contributed by atoms with van der Waals surface area (Å²) in [5.74, 6) is 0.980. The van der Waals surface area contributed by atoms with Crippen molar-refractivity contribution >= 4 is 0 Å². The second-order valence-electron chi connectivity index (χ2n) is 6.86. The molecule has 0 amide bonds. The number of benzene rings is 2. The lowest BCUT2D eigenvalue weighted by atomic mass is 10.1. The smallest absolute Gasteiger partial charge is 0.119 e. The van der Waals surface area contributed by atoms with Crippen molar-refractivity contribution in [1.82, 2.24) is 16.0 Å². The normalized spacial score (nSPS) is 14.7. The molecule has 4 rings (SSSR count). The second kappa shape index (κ2) is 8.99. The van der Waals surface area contributed by atoms with E-state index >= 15 is 0 Å². The molecule has 2 aliphatic rings. The summed E-state index contributed by atoms with van der Waals surface area (Å²) in [4.78, 5) is 0. The largest absolute Gasteiger partial charge is 0.492 e. The van der Waals surface area contributed by atoms with Gasteiger partial charge in [0.15, 0.2) is 0 Å². The van der Waals surface area contributed by atoms with Crippen LogP contribution in [0.25, 0.3) is 0 Å². The van der Waals surface area contributed by atoms with Crippen molar-refractivity contribution in [3.05, 3.63) is 64.7 Å². The van der Waals surface area contributed by atoms with Crippen molar-refractivity contribution in [2.24, 2.45) is 0 Å². The summed E-state index contributed by atoms with van der Waals surface area (Å²) in [6.45, 7) is 9.97.